The molecule has 2 aromatic carbocycles. The van der Waals surface area contributed by atoms with Crippen LogP contribution in [0.5, 0.6) is 0 Å². The summed E-state index contributed by atoms with van der Waals surface area (Å²) < 4.78 is 30.7. The number of amides is 1. The average molecular weight is 383 g/mol. The minimum atomic E-state index is -3.38. The number of carbonyl (C=O) groups excluding carboxylic acids is 1. The van der Waals surface area contributed by atoms with E-state index in [1.54, 1.807) is 36.5 Å². The van der Waals surface area contributed by atoms with E-state index in [4.69, 9.17) is 4.74 Å². The normalized spacial score (nSPS) is 16.2. The highest BCUT2D eigenvalue weighted by atomic mass is 32.2. The third-order valence-corrected chi connectivity index (χ3v) is 5.98. The molecule has 1 fully saturated rings. The van der Waals surface area contributed by atoms with Gasteiger partial charge in [-0.1, -0.05) is 6.07 Å². The highest BCUT2D eigenvalue weighted by Crippen LogP contribution is 2.22. The zero-order valence-corrected chi connectivity index (χ0v) is 15.1. The number of rotatable bonds is 3. The molecule has 0 spiro atoms. The number of ether oxygens (including phenoxy) is 1. The van der Waals surface area contributed by atoms with Gasteiger partial charge in [-0.2, -0.15) is 0 Å². The maximum atomic E-state index is 12.5. The molecule has 1 saturated heterocycles. The number of nitrogens with zero attached hydrogens (tertiary/aromatic N) is 2. The lowest BCUT2D eigenvalue weighted by Gasteiger charge is -2.28. The second-order valence-electron chi connectivity index (χ2n) is 6.11. The van der Waals surface area contributed by atoms with Gasteiger partial charge in [0.1, 0.15) is 6.73 Å². The molecule has 4 rings (SSSR count). The lowest BCUT2D eigenvalue weighted by Crippen LogP contribution is -2.41. The van der Waals surface area contributed by atoms with Gasteiger partial charge in [-0.3, -0.25) is 9.78 Å². The van der Waals surface area contributed by atoms with Gasteiger partial charge < -0.3 is 10.1 Å². The van der Waals surface area contributed by atoms with Gasteiger partial charge in [-0.15, -0.1) is 0 Å². The molecule has 0 atom stereocenters. The number of hydrogen-bond acceptors (Lipinski definition) is 5. The molecule has 0 bridgehead atoms. The Balaban J connectivity index is 1.52. The number of aromatic nitrogens is 1. The molecule has 0 saturated carbocycles. The van der Waals surface area contributed by atoms with Crippen molar-refractivity contribution in [2.75, 3.05) is 28.7 Å². The fourth-order valence-electron chi connectivity index (χ4n) is 2.87. The Labute approximate surface area is 156 Å². The predicted molar refractivity (Wildman–Crippen MR) is 103 cm³/mol. The number of benzene rings is 2. The molecule has 1 aliphatic rings. The first-order chi connectivity index (χ1) is 13.0. The summed E-state index contributed by atoms with van der Waals surface area (Å²) in [5.41, 5.74) is 2.42. The topological polar surface area (TPSA) is 88.6 Å². The summed E-state index contributed by atoms with van der Waals surface area (Å²) >= 11 is 0. The second-order valence-corrected chi connectivity index (χ2v) is 8.13. The molecule has 138 valence electrons. The van der Waals surface area contributed by atoms with E-state index in [1.165, 1.54) is 4.31 Å². The van der Waals surface area contributed by atoms with Crippen LogP contribution >= 0.6 is 0 Å². The fourth-order valence-corrected chi connectivity index (χ4v) is 4.10. The van der Waals surface area contributed by atoms with Crippen molar-refractivity contribution in [3.8, 4) is 0 Å². The number of hydrogen-bond donors (Lipinski definition) is 1. The van der Waals surface area contributed by atoms with Crippen LogP contribution in [0.3, 0.4) is 0 Å². The monoisotopic (exact) mass is 383 g/mol. The first-order valence-electron chi connectivity index (χ1n) is 8.37. The van der Waals surface area contributed by atoms with E-state index in [0.717, 1.165) is 10.9 Å². The number of anilines is 2. The third-order valence-electron chi connectivity index (χ3n) is 4.31. The van der Waals surface area contributed by atoms with Gasteiger partial charge in [0.2, 0.25) is 10.0 Å². The Morgan fingerprint density at radius 1 is 1.11 bits per heavy atom. The maximum Gasteiger partial charge on any atom is 0.255 e. The highest BCUT2D eigenvalue weighted by Gasteiger charge is 2.26. The van der Waals surface area contributed by atoms with Crippen LogP contribution in [0.15, 0.2) is 60.8 Å². The van der Waals surface area contributed by atoms with Crippen molar-refractivity contribution < 1.29 is 17.9 Å². The number of carbonyl (C=O) groups is 1. The SMILES string of the molecule is O=C(Nc1ccc2ncccc2c1)c1ccc(N2COCCS2(=O)=O)cc1. The molecular formula is C19H17N3O4S. The summed E-state index contributed by atoms with van der Waals surface area (Å²) in [5, 5.41) is 3.77. The lowest BCUT2D eigenvalue weighted by molar-refractivity contribution is 0.102. The van der Waals surface area contributed by atoms with E-state index in [2.05, 4.69) is 10.3 Å². The molecular weight excluding hydrogens is 366 g/mol. The third kappa shape index (κ3) is 3.62. The number of nitrogens with one attached hydrogen (secondary N) is 1. The molecule has 2 heterocycles. The van der Waals surface area contributed by atoms with Crippen molar-refractivity contribution in [1.29, 1.82) is 0 Å². The van der Waals surface area contributed by atoms with Crippen LogP contribution in [0.4, 0.5) is 11.4 Å². The first kappa shape index (κ1) is 17.4. The molecule has 0 radical (unpaired) electrons. The maximum absolute atomic E-state index is 12.5. The van der Waals surface area contributed by atoms with E-state index < -0.39 is 10.0 Å². The lowest BCUT2D eigenvalue weighted by atomic mass is 10.1. The van der Waals surface area contributed by atoms with Gasteiger partial charge in [0.05, 0.1) is 23.6 Å². The minimum Gasteiger partial charge on any atom is -0.359 e. The Morgan fingerprint density at radius 3 is 2.70 bits per heavy atom. The van der Waals surface area contributed by atoms with Gasteiger partial charge in [0.25, 0.3) is 5.91 Å². The Bertz CT molecular complexity index is 1100. The molecule has 0 unspecified atom stereocenters. The molecule has 1 aromatic heterocycles. The fraction of sp³-hybridized carbons (Fsp3) is 0.158. The van der Waals surface area contributed by atoms with Gasteiger partial charge in [-0.25, -0.2) is 12.7 Å². The molecule has 8 heteroatoms. The molecule has 27 heavy (non-hydrogen) atoms. The van der Waals surface area contributed by atoms with Crippen molar-refractivity contribution in [3.05, 3.63) is 66.4 Å². The van der Waals surface area contributed by atoms with E-state index in [-0.39, 0.29) is 25.0 Å². The molecule has 1 N–H and O–H groups in total. The van der Waals surface area contributed by atoms with Crippen molar-refractivity contribution in [3.63, 3.8) is 0 Å². The zero-order chi connectivity index (χ0) is 18.9. The van der Waals surface area contributed by atoms with Crippen LogP contribution in [0, 0.1) is 0 Å². The van der Waals surface area contributed by atoms with Crippen molar-refractivity contribution >= 4 is 38.2 Å². The number of fused-ring (bicyclic) bond motifs is 1. The summed E-state index contributed by atoms with van der Waals surface area (Å²) in [6.45, 7) is 0.180. The van der Waals surface area contributed by atoms with Gasteiger partial charge in [0, 0.05) is 22.8 Å². The molecule has 7 nitrogen and oxygen atoms in total. The predicted octanol–water partition coefficient (Wildman–Crippen LogP) is 2.61. The van der Waals surface area contributed by atoms with Crippen LogP contribution < -0.4 is 9.62 Å². The Hall–Kier alpha value is -2.97. The number of pyridine rings is 1. The van der Waals surface area contributed by atoms with Gasteiger partial charge >= 0.3 is 0 Å². The minimum absolute atomic E-state index is 0.0149. The Kier molecular flexibility index (Phi) is 4.51. The quantitative estimate of drug-likeness (QED) is 0.751. The summed E-state index contributed by atoms with van der Waals surface area (Å²) in [4.78, 5) is 16.7. The first-order valence-corrected chi connectivity index (χ1v) is 9.98. The standard InChI is InChI=1S/C19H17N3O4S/c23-19(21-16-5-8-18-15(12-16)2-1-9-20-18)14-3-6-17(7-4-14)22-13-26-10-11-27(22,24)25/h1-9,12H,10-11,13H2,(H,21,23). The largest absolute Gasteiger partial charge is 0.359 e. The van der Waals surface area contributed by atoms with Crippen LogP contribution in [0.1, 0.15) is 10.4 Å². The van der Waals surface area contributed by atoms with Crippen LogP contribution in [-0.2, 0) is 14.8 Å². The van der Waals surface area contributed by atoms with E-state index in [1.807, 2.05) is 24.3 Å². The average Bonchev–Trinajstić information content (AvgIpc) is 2.68. The summed E-state index contributed by atoms with van der Waals surface area (Å²) in [6, 6.07) is 15.6. The van der Waals surface area contributed by atoms with Gasteiger partial charge in [0.15, 0.2) is 0 Å². The smallest absolute Gasteiger partial charge is 0.255 e. The van der Waals surface area contributed by atoms with Crippen molar-refractivity contribution in [2.24, 2.45) is 0 Å². The van der Waals surface area contributed by atoms with Gasteiger partial charge in [-0.05, 0) is 48.5 Å². The molecule has 0 aliphatic carbocycles. The highest BCUT2D eigenvalue weighted by molar-refractivity contribution is 7.92. The van der Waals surface area contributed by atoms with E-state index in [9.17, 15) is 13.2 Å². The van der Waals surface area contributed by atoms with Crippen LogP contribution in [-0.4, -0.2) is 38.4 Å². The van der Waals surface area contributed by atoms with Crippen molar-refractivity contribution in [1.82, 2.24) is 4.98 Å². The summed E-state index contributed by atoms with van der Waals surface area (Å²) in [5.74, 6) is -0.325. The van der Waals surface area contributed by atoms with Crippen LogP contribution in [0.25, 0.3) is 10.9 Å². The Morgan fingerprint density at radius 2 is 1.93 bits per heavy atom. The molecule has 3 aromatic rings. The molecule has 1 aliphatic heterocycles. The second kappa shape index (κ2) is 6.98. The molecule has 1 amide bonds. The van der Waals surface area contributed by atoms with E-state index >= 15 is 0 Å². The summed E-state index contributed by atoms with van der Waals surface area (Å²) in [7, 11) is -3.38. The van der Waals surface area contributed by atoms with Crippen molar-refractivity contribution in [2.45, 2.75) is 0 Å². The zero-order valence-electron chi connectivity index (χ0n) is 14.3. The number of sulfonamides is 1. The van der Waals surface area contributed by atoms with E-state index in [0.29, 0.717) is 16.9 Å². The summed E-state index contributed by atoms with van der Waals surface area (Å²) in [6.07, 6.45) is 1.72. The van der Waals surface area contributed by atoms with Crippen LogP contribution in [0.2, 0.25) is 0 Å².